The van der Waals surface area contributed by atoms with Crippen LogP contribution in [0.1, 0.15) is 42.5 Å². The highest BCUT2D eigenvalue weighted by Gasteiger charge is 2.24. The first-order chi connectivity index (χ1) is 14.4. The van der Waals surface area contributed by atoms with Crippen molar-refractivity contribution in [2.45, 2.75) is 44.9 Å². The Morgan fingerprint density at radius 3 is 2.60 bits per heavy atom. The lowest BCUT2D eigenvalue weighted by Crippen LogP contribution is -2.39. The Kier molecular flexibility index (Phi) is 7.17. The summed E-state index contributed by atoms with van der Waals surface area (Å²) in [7, 11) is 0. The monoisotopic (exact) mass is 415 g/mol. The van der Waals surface area contributed by atoms with Crippen molar-refractivity contribution in [2.24, 2.45) is 0 Å². The summed E-state index contributed by atoms with van der Waals surface area (Å²) >= 11 is 0. The zero-order chi connectivity index (χ0) is 21.5. The highest BCUT2D eigenvalue weighted by Crippen LogP contribution is 2.29. The molecule has 1 amide bonds. The number of alkyl halides is 2. The van der Waals surface area contributed by atoms with E-state index in [1.165, 1.54) is 48.9 Å². The molecule has 158 valence electrons. The van der Waals surface area contributed by atoms with Crippen LogP contribution in [0.2, 0.25) is 0 Å². The van der Waals surface area contributed by atoms with E-state index in [9.17, 15) is 18.4 Å². The molecule has 0 bridgehead atoms. The second kappa shape index (κ2) is 10.0. The van der Waals surface area contributed by atoms with E-state index in [4.69, 9.17) is 4.74 Å². The third kappa shape index (κ3) is 5.89. The number of aryl methyl sites for hydroxylation is 1. The first-order valence-corrected chi connectivity index (χ1v) is 9.74. The zero-order valence-electron chi connectivity index (χ0n) is 16.5. The first kappa shape index (κ1) is 21.5. The Morgan fingerprint density at radius 2 is 1.87 bits per heavy atom. The van der Waals surface area contributed by atoms with Crippen molar-refractivity contribution in [3.8, 4) is 5.75 Å². The number of ether oxygens (including phenoxy) is 2. The lowest BCUT2D eigenvalue weighted by atomic mass is 9.87. The Bertz CT molecular complexity index is 912. The maximum absolute atomic E-state index is 12.5. The zero-order valence-corrected chi connectivity index (χ0v) is 16.5. The van der Waals surface area contributed by atoms with E-state index >= 15 is 0 Å². The van der Waals surface area contributed by atoms with Crippen molar-refractivity contribution < 1.29 is 27.8 Å². The van der Waals surface area contributed by atoms with E-state index in [1.54, 1.807) is 0 Å². The molecule has 2 atom stereocenters. The Labute approximate surface area is 173 Å². The van der Waals surface area contributed by atoms with Gasteiger partial charge in [-0.25, -0.2) is 4.79 Å². The second-order valence-corrected chi connectivity index (χ2v) is 7.01. The summed E-state index contributed by atoms with van der Waals surface area (Å²) in [5, 5.41) is 2.96. The summed E-state index contributed by atoms with van der Waals surface area (Å²) in [6, 6.07) is 13.7. The largest absolute Gasteiger partial charge is 0.449 e. The molecule has 0 aliphatic heterocycles. The van der Waals surface area contributed by atoms with Crippen LogP contribution in [0.15, 0.2) is 54.6 Å². The summed E-state index contributed by atoms with van der Waals surface area (Å²) in [5.41, 5.74) is 2.94. The SMILES string of the molecule is C[C@@H](OC(=O)/C=C/c1ccc(OC(F)F)cc1)C(=O)N[C@@H]1CCCc2ccccc21. The van der Waals surface area contributed by atoms with Crippen molar-refractivity contribution >= 4 is 18.0 Å². The van der Waals surface area contributed by atoms with Crippen LogP contribution in [0.3, 0.4) is 0 Å². The lowest BCUT2D eigenvalue weighted by Gasteiger charge is -2.27. The molecular weight excluding hydrogens is 392 g/mol. The van der Waals surface area contributed by atoms with Gasteiger partial charge in [-0.05, 0) is 61.1 Å². The van der Waals surface area contributed by atoms with Gasteiger partial charge in [-0.1, -0.05) is 36.4 Å². The standard InChI is InChI=1S/C23H23F2NO4/c1-15(22(28)26-20-8-4-6-17-5-2-3-7-19(17)20)29-21(27)14-11-16-9-12-18(13-10-16)30-23(24)25/h2-3,5,7,9-15,20,23H,4,6,8H2,1H3,(H,26,28)/b14-11+/t15-,20-/m1/s1. The molecule has 30 heavy (non-hydrogen) atoms. The number of hydrogen-bond acceptors (Lipinski definition) is 4. The molecule has 0 fully saturated rings. The molecule has 1 aliphatic rings. The second-order valence-electron chi connectivity index (χ2n) is 7.01. The number of amides is 1. The van der Waals surface area contributed by atoms with Gasteiger partial charge >= 0.3 is 12.6 Å². The minimum absolute atomic E-state index is 0.0271. The number of carbonyl (C=O) groups is 2. The number of rotatable bonds is 7. The molecule has 7 heteroatoms. The van der Waals surface area contributed by atoms with Gasteiger partial charge in [0.2, 0.25) is 0 Å². The molecule has 2 aromatic carbocycles. The van der Waals surface area contributed by atoms with Gasteiger partial charge in [0.05, 0.1) is 6.04 Å². The minimum atomic E-state index is -2.89. The van der Waals surface area contributed by atoms with Crippen LogP contribution >= 0.6 is 0 Å². The molecule has 0 saturated carbocycles. The van der Waals surface area contributed by atoms with Crippen LogP contribution in [-0.2, 0) is 20.7 Å². The molecule has 5 nitrogen and oxygen atoms in total. The topological polar surface area (TPSA) is 64.6 Å². The molecule has 2 aromatic rings. The molecule has 3 rings (SSSR count). The van der Waals surface area contributed by atoms with Crippen LogP contribution in [0.4, 0.5) is 8.78 Å². The van der Waals surface area contributed by atoms with E-state index in [-0.39, 0.29) is 17.7 Å². The number of fused-ring (bicyclic) bond motifs is 1. The molecule has 0 aromatic heterocycles. The van der Waals surface area contributed by atoms with Gasteiger partial charge in [-0.15, -0.1) is 0 Å². The summed E-state index contributed by atoms with van der Waals surface area (Å²) in [6.45, 7) is -1.37. The smallest absolute Gasteiger partial charge is 0.387 e. The normalized spacial score (nSPS) is 16.7. The van der Waals surface area contributed by atoms with Crippen molar-refractivity contribution in [3.63, 3.8) is 0 Å². The van der Waals surface area contributed by atoms with E-state index in [0.717, 1.165) is 24.8 Å². The predicted molar refractivity (Wildman–Crippen MR) is 108 cm³/mol. The maximum atomic E-state index is 12.5. The molecule has 0 unspecified atom stereocenters. The molecule has 1 aliphatic carbocycles. The Morgan fingerprint density at radius 1 is 1.13 bits per heavy atom. The van der Waals surface area contributed by atoms with Gasteiger partial charge in [0.15, 0.2) is 6.10 Å². The third-order valence-electron chi connectivity index (χ3n) is 4.87. The molecule has 0 radical (unpaired) electrons. The Balaban J connectivity index is 1.51. The summed E-state index contributed by atoms with van der Waals surface area (Å²) in [5.74, 6) is -0.999. The number of halogens is 2. The van der Waals surface area contributed by atoms with Crippen molar-refractivity contribution in [1.82, 2.24) is 5.32 Å². The van der Waals surface area contributed by atoms with Gasteiger partial charge in [-0.3, -0.25) is 4.79 Å². The minimum Gasteiger partial charge on any atom is -0.449 e. The molecular formula is C23H23F2NO4. The lowest BCUT2D eigenvalue weighted by molar-refractivity contribution is -0.150. The van der Waals surface area contributed by atoms with Crippen LogP contribution < -0.4 is 10.1 Å². The fourth-order valence-electron chi connectivity index (χ4n) is 3.38. The Hall–Kier alpha value is -3.22. The van der Waals surface area contributed by atoms with Gasteiger partial charge in [0.25, 0.3) is 5.91 Å². The van der Waals surface area contributed by atoms with Crippen molar-refractivity contribution in [1.29, 1.82) is 0 Å². The highest BCUT2D eigenvalue weighted by molar-refractivity contribution is 5.90. The summed E-state index contributed by atoms with van der Waals surface area (Å²) < 4.78 is 33.7. The fourth-order valence-corrected chi connectivity index (χ4v) is 3.38. The first-order valence-electron chi connectivity index (χ1n) is 9.74. The molecule has 0 spiro atoms. The van der Waals surface area contributed by atoms with Gasteiger partial charge in [0, 0.05) is 6.08 Å². The van der Waals surface area contributed by atoms with Crippen molar-refractivity contribution in [3.05, 3.63) is 71.3 Å². The van der Waals surface area contributed by atoms with E-state index < -0.39 is 18.7 Å². The highest BCUT2D eigenvalue weighted by atomic mass is 19.3. The van der Waals surface area contributed by atoms with Gasteiger partial charge in [0.1, 0.15) is 5.75 Å². The number of hydrogen-bond donors (Lipinski definition) is 1. The number of carbonyl (C=O) groups excluding carboxylic acids is 2. The third-order valence-corrected chi connectivity index (χ3v) is 4.87. The number of nitrogens with one attached hydrogen (secondary N) is 1. The van der Waals surface area contributed by atoms with Crippen molar-refractivity contribution in [2.75, 3.05) is 0 Å². The van der Waals surface area contributed by atoms with Crippen LogP contribution in [0, 0.1) is 0 Å². The van der Waals surface area contributed by atoms with Crippen LogP contribution in [-0.4, -0.2) is 24.6 Å². The van der Waals surface area contributed by atoms with Crippen LogP contribution in [0.25, 0.3) is 6.08 Å². The van der Waals surface area contributed by atoms with Gasteiger partial charge in [-0.2, -0.15) is 8.78 Å². The molecule has 1 N–H and O–H groups in total. The molecule has 0 saturated heterocycles. The number of benzene rings is 2. The van der Waals surface area contributed by atoms with Gasteiger partial charge < -0.3 is 14.8 Å². The fraction of sp³-hybridized carbons (Fsp3) is 0.304. The summed E-state index contributed by atoms with van der Waals surface area (Å²) in [4.78, 5) is 24.5. The average molecular weight is 415 g/mol. The number of esters is 1. The summed E-state index contributed by atoms with van der Waals surface area (Å²) in [6.07, 6.45) is 4.53. The predicted octanol–water partition coefficient (Wildman–Crippen LogP) is 4.43. The van der Waals surface area contributed by atoms with E-state index in [0.29, 0.717) is 5.56 Å². The quantitative estimate of drug-likeness (QED) is 0.537. The van der Waals surface area contributed by atoms with E-state index in [1.807, 2.05) is 18.2 Å². The average Bonchev–Trinajstić information content (AvgIpc) is 2.73. The van der Waals surface area contributed by atoms with Crippen LogP contribution in [0.5, 0.6) is 5.75 Å². The maximum Gasteiger partial charge on any atom is 0.387 e. The van der Waals surface area contributed by atoms with E-state index in [2.05, 4.69) is 16.1 Å². The molecule has 0 heterocycles.